The summed E-state index contributed by atoms with van der Waals surface area (Å²) in [4.78, 5) is 11.4. The summed E-state index contributed by atoms with van der Waals surface area (Å²) in [5.41, 5.74) is -1.60. The zero-order valence-corrected chi connectivity index (χ0v) is 9.18. The molecule has 17 heavy (non-hydrogen) atoms. The number of rotatable bonds is 2. The van der Waals surface area contributed by atoms with Crippen molar-refractivity contribution in [3.63, 3.8) is 0 Å². The minimum Gasteiger partial charge on any atom is -0.316 e. The van der Waals surface area contributed by atoms with Crippen LogP contribution in [-0.2, 0) is 12.7 Å². The average Bonchev–Trinajstić information content (AvgIpc) is 2.62. The highest BCUT2D eigenvalue weighted by Gasteiger charge is 2.33. The van der Waals surface area contributed by atoms with Crippen molar-refractivity contribution in [1.29, 1.82) is 0 Å². The van der Waals surface area contributed by atoms with Crippen LogP contribution >= 0.6 is 0 Å². The summed E-state index contributed by atoms with van der Waals surface area (Å²) < 4.78 is 38.1. The molecule has 0 radical (unpaired) electrons. The number of halogens is 3. The zero-order chi connectivity index (χ0) is 12.5. The lowest BCUT2D eigenvalue weighted by Gasteiger charge is -2.22. The number of H-pyrrole nitrogens is 1. The van der Waals surface area contributed by atoms with Gasteiger partial charge in [0.15, 0.2) is 0 Å². The molecule has 0 aliphatic carbocycles. The number of alkyl halides is 3. The van der Waals surface area contributed by atoms with Crippen LogP contribution < -0.4 is 10.9 Å². The maximum Gasteiger partial charge on any atom is 0.432 e. The Balaban J connectivity index is 2.10. The molecule has 1 aliphatic heterocycles. The molecule has 1 fully saturated rings. The highest BCUT2D eigenvalue weighted by molar-refractivity contribution is 5.03. The number of hydrogen-bond acceptors (Lipinski definition) is 2. The molecule has 96 valence electrons. The summed E-state index contributed by atoms with van der Waals surface area (Å²) in [5.74, 6) is 0.209. The Kier molecular flexibility index (Phi) is 3.28. The monoisotopic (exact) mass is 249 g/mol. The first-order valence-electron chi connectivity index (χ1n) is 5.54. The van der Waals surface area contributed by atoms with Crippen LogP contribution in [0.25, 0.3) is 0 Å². The molecule has 7 heteroatoms. The maximum atomic E-state index is 12.4. The molecule has 0 aromatic carbocycles. The van der Waals surface area contributed by atoms with E-state index in [9.17, 15) is 18.0 Å². The third-order valence-corrected chi connectivity index (χ3v) is 2.93. The molecule has 0 spiro atoms. The van der Waals surface area contributed by atoms with Gasteiger partial charge in [-0.3, -0.25) is 14.6 Å². The molecular weight excluding hydrogens is 235 g/mol. The molecule has 1 atom stereocenters. The van der Waals surface area contributed by atoms with Gasteiger partial charge in [-0.15, -0.1) is 0 Å². The fraction of sp³-hybridized carbons (Fsp3) is 0.700. The van der Waals surface area contributed by atoms with Gasteiger partial charge in [-0.25, -0.2) is 0 Å². The molecular formula is C10H14F3N3O. The lowest BCUT2D eigenvalue weighted by Crippen LogP contribution is -2.34. The van der Waals surface area contributed by atoms with Gasteiger partial charge in [0.25, 0.3) is 5.56 Å². The van der Waals surface area contributed by atoms with Crippen LogP contribution in [0.3, 0.4) is 0 Å². The number of aromatic amines is 1. The quantitative estimate of drug-likeness (QED) is 0.827. The normalized spacial score (nSPS) is 21.7. The van der Waals surface area contributed by atoms with E-state index in [1.807, 2.05) is 0 Å². The fourth-order valence-corrected chi connectivity index (χ4v) is 2.05. The number of hydrogen-bond donors (Lipinski definition) is 2. The largest absolute Gasteiger partial charge is 0.432 e. The van der Waals surface area contributed by atoms with Crippen LogP contribution in [-0.4, -0.2) is 22.9 Å². The van der Waals surface area contributed by atoms with Crippen molar-refractivity contribution >= 4 is 0 Å². The highest BCUT2D eigenvalue weighted by atomic mass is 19.4. The molecule has 1 unspecified atom stereocenters. The molecule has 1 saturated heterocycles. The molecule has 1 aromatic rings. The van der Waals surface area contributed by atoms with Crippen molar-refractivity contribution < 1.29 is 13.2 Å². The zero-order valence-electron chi connectivity index (χ0n) is 9.18. The van der Waals surface area contributed by atoms with Crippen LogP contribution in [0.15, 0.2) is 10.9 Å². The summed E-state index contributed by atoms with van der Waals surface area (Å²) in [5, 5.41) is 5.28. The van der Waals surface area contributed by atoms with Crippen LogP contribution in [0, 0.1) is 5.92 Å². The summed E-state index contributed by atoms with van der Waals surface area (Å²) >= 11 is 0. The number of nitrogens with zero attached hydrogens (tertiary/aromatic N) is 1. The van der Waals surface area contributed by atoms with Crippen molar-refractivity contribution in [2.75, 3.05) is 13.1 Å². The Bertz CT molecular complexity index is 429. The molecule has 2 heterocycles. The van der Waals surface area contributed by atoms with Crippen molar-refractivity contribution in [3.8, 4) is 0 Å². The molecule has 0 bridgehead atoms. The lowest BCUT2D eigenvalue weighted by molar-refractivity contribution is -0.141. The SMILES string of the molecule is O=c1cc(C(F)(F)F)[nH]n1CC1CCCNC1. The minimum atomic E-state index is -4.49. The van der Waals surface area contributed by atoms with Gasteiger partial charge in [-0.1, -0.05) is 0 Å². The highest BCUT2D eigenvalue weighted by Crippen LogP contribution is 2.26. The number of nitrogens with one attached hydrogen (secondary N) is 2. The van der Waals surface area contributed by atoms with E-state index in [0.717, 1.165) is 30.6 Å². The number of piperidine rings is 1. The first kappa shape index (κ1) is 12.2. The standard InChI is InChI=1S/C10H14F3N3O/c11-10(12,13)8-4-9(17)16(15-8)6-7-2-1-3-14-5-7/h4,7,14-15H,1-3,5-6H2. The predicted octanol–water partition coefficient (Wildman–Crippen LogP) is 1.19. The molecule has 1 aliphatic rings. The second kappa shape index (κ2) is 4.56. The van der Waals surface area contributed by atoms with E-state index in [1.54, 1.807) is 0 Å². The Morgan fingerprint density at radius 3 is 2.76 bits per heavy atom. The molecule has 1 aromatic heterocycles. The Morgan fingerprint density at radius 1 is 1.47 bits per heavy atom. The predicted molar refractivity (Wildman–Crippen MR) is 55.6 cm³/mol. The molecule has 2 N–H and O–H groups in total. The van der Waals surface area contributed by atoms with Crippen molar-refractivity contribution in [3.05, 3.63) is 22.1 Å². The van der Waals surface area contributed by atoms with Crippen LogP contribution in [0.1, 0.15) is 18.5 Å². The third-order valence-electron chi connectivity index (χ3n) is 2.93. The van der Waals surface area contributed by atoms with Gasteiger partial charge in [0.05, 0.1) is 0 Å². The second-order valence-electron chi connectivity index (χ2n) is 4.33. The molecule has 0 amide bonds. The summed E-state index contributed by atoms with van der Waals surface area (Å²) in [6, 6.07) is 0.607. The third kappa shape index (κ3) is 2.91. The Morgan fingerprint density at radius 2 is 2.24 bits per heavy atom. The minimum absolute atomic E-state index is 0.209. The van der Waals surface area contributed by atoms with E-state index < -0.39 is 17.4 Å². The molecule has 2 rings (SSSR count). The Labute approximate surface area is 95.8 Å². The smallest absolute Gasteiger partial charge is 0.316 e. The molecule has 4 nitrogen and oxygen atoms in total. The van der Waals surface area contributed by atoms with Crippen molar-refractivity contribution in [2.24, 2.45) is 5.92 Å². The summed E-state index contributed by atoms with van der Waals surface area (Å²) in [7, 11) is 0. The van der Waals surface area contributed by atoms with Gasteiger partial charge < -0.3 is 5.32 Å². The second-order valence-corrected chi connectivity index (χ2v) is 4.33. The fourth-order valence-electron chi connectivity index (χ4n) is 2.05. The topological polar surface area (TPSA) is 49.8 Å². The van der Waals surface area contributed by atoms with E-state index >= 15 is 0 Å². The van der Waals surface area contributed by atoms with Gasteiger partial charge in [0, 0.05) is 12.6 Å². The maximum absolute atomic E-state index is 12.4. The summed E-state index contributed by atoms with van der Waals surface area (Å²) in [6.45, 7) is 1.98. The van der Waals surface area contributed by atoms with Gasteiger partial charge in [0.1, 0.15) is 5.69 Å². The van der Waals surface area contributed by atoms with E-state index in [2.05, 4.69) is 10.4 Å². The van der Waals surface area contributed by atoms with E-state index in [4.69, 9.17) is 0 Å². The van der Waals surface area contributed by atoms with Gasteiger partial charge >= 0.3 is 6.18 Å². The first-order valence-corrected chi connectivity index (χ1v) is 5.54. The van der Waals surface area contributed by atoms with E-state index in [-0.39, 0.29) is 5.92 Å². The van der Waals surface area contributed by atoms with Crippen molar-refractivity contribution in [2.45, 2.75) is 25.6 Å². The van der Waals surface area contributed by atoms with Crippen molar-refractivity contribution in [1.82, 2.24) is 15.1 Å². The lowest BCUT2D eigenvalue weighted by atomic mass is 10.00. The van der Waals surface area contributed by atoms with Gasteiger partial charge in [0.2, 0.25) is 0 Å². The number of aromatic nitrogens is 2. The Hall–Kier alpha value is -1.24. The first-order chi connectivity index (χ1) is 7.97. The molecule has 0 saturated carbocycles. The van der Waals surface area contributed by atoms with E-state index in [0.29, 0.717) is 12.6 Å². The van der Waals surface area contributed by atoms with E-state index in [1.165, 1.54) is 0 Å². The van der Waals surface area contributed by atoms with Crippen LogP contribution in [0.5, 0.6) is 0 Å². The van der Waals surface area contributed by atoms with Crippen LogP contribution in [0.2, 0.25) is 0 Å². The van der Waals surface area contributed by atoms with Crippen LogP contribution in [0.4, 0.5) is 13.2 Å². The van der Waals surface area contributed by atoms with Gasteiger partial charge in [-0.2, -0.15) is 13.2 Å². The van der Waals surface area contributed by atoms with Gasteiger partial charge in [-0.05, 0) is 31.8 Å². The summed E-state index contributed by atoms with van der Waals surface area (Å²) in [6.07, 6.45) is -2.57. The average molecular weight is 249 g/mol.